The summed E-state index contributed by atoms with van der Waals surface area (Å²) in [4.78, 5) is 5.12. The number of benzene rings is 18. The maximum atomic E-state index is 2.57. The maximum absolute atomic E-state index is 2.57. The molecule has 0 unspecified atom stereocenters. The summed E-state index contributed by atoms with van der Waals surface area (Å²) in [5.74, 6) is 0. The van der Waals surface area contributed by atoms with E-state index in [9.17, 15) is 0 Å². The topological polar surface area (TPSA) is 6.48 Å². The van der Waals surface area contributed by atoms with Gasteiger partial charge in [-0.25, -0.2) is 0 Å². The minimum absolute atomic E-state index is 0.198. The first-order valence-corrected chi connectivity index (χ1v) is 36.5. The molecule has 104 heavy (non-hydrogen) atoms. The van der Waals surface area contributed by atoms with E-state index in [1.165, 1.54) is 148 Å². The Labute approximate surface area is 607 Å². The summed E-state index contributed by atoms with van der Waals surface area (Å²) in [6, 6.07) is 137. The Bertz CT molecular complexity index is 6530. The van der Waals surface area contributed by atoms with E-state index in [0.717, 1.165) is 50.8 Å². The molecule has 0 atom stereocenters. The molecule has 2 heteroatoms. The Hall–Kier alpha value is -12.9. The molecular weight excluding hydrogens is 1250 g/mol. The standard InChI is InChI=1S/C102H72N2/c1-101(2)93-45-20-18-37-83(93)85-59-56-75(63-95(85)101)103(99-91-41-16-12-35-81(91)79-33-10-14-39-89(79)97(99)87-43-23-28-69-27-8-9-32-77(69)87)73-54-51-67(52-55-73)66-47-49-68(50-48-66)71-53-58-78-72(61-71)30-24-44-88(78)98-90-40-15-11-34-80(90)82-36-13-17-42-92(82)100(98)104(74-31-22-29-70(62-74)65-25-6-5-7-26-65)76-57-60-86-84-38-19-21-46-94(84)102(3,4)96(86)64-76/h5-64H,1-4H3. The molecular formula is C102H72N2. The summed E-state index contributed by atoms with van der Waals surface area (Å²) in [6.45, 7) is 9.54. The van der Waals surface area contributed by atoms with E-state index in [1.807, 2.05) is 0 Å². The van der Waals surface area contributed by atoms with Crippen molar-refractivity contribution in [2.45, 2.75) is 38.5 Å². The lowest BCUT2D eigenvalue weighted by atomic mass is 9.82. The van der Waals surface area contributed by atoms with Crippen molar-refractivity contribution >= 4 is 98.8 Å². The van der Waals surface area contributed by atoms with Gasteiger partial charge in [0.25, 0.3) is 0 Å². The Kier molecular flexibility index (Phi) is 14.0. The molecule has 2 nitrogen and oxygen atoms in total. The predicted molar refractivity (Wildman–Crippen MR) is 443 cm³/mol. The van der Waals surface area contributed by atoms with E-state index >= 15 is 0 Å². The van der Waals surface area contributed by atoms with Gasteiger partial charge in [0.2, 0.25) is 0 Å². The molecule has 2 aliphatic rings. The van der Waals surface area contributed by atoms with Crippen molar-refractivity contribution in [1.29, 1.82) is 0 Å². The van der Waals surface area contributed by atoms with Gasteiger partial charge >= 0.3 is 0 Å². The van der Waals surface area contributed by atoms with Crippen LogP contribution in [0, 0.1) is 0 Å². The monoisotopic (exact) mass is 1320 g/mol. The molecule has 0 radical (unpaired) electrons. The summed E-state index contributed by atoms with van der Waals surface area (Å²) in [5.41, 5.74) is 28.7. The zero-order valence-corrected chi connectivity index (χ0v) is 58.5. The zero-order chi connectivity index (χ0) is 69.4. The highest BCUT2D eigenvalue weighted by molar-refractivity contribution is 6.26. The van der Waals surface area contributed by atoms with Gasteiger partial charge in [-0.15, -0.1) is 0 Å². The smallest absolute Gasteiger partial charge is 0.0625 e. The third-order valence-corrected chi connectivity index (χ3v) is 23.0. The molecule has 18 aromatic rings. The summed E-state index contributed by atoms with van der Waals surface area (Å²) in [7, 11) is 0. The van der Waals surface area contributed by atoms with Crippen LogP contribution in [0.3, 0.4) is 0 Å². The highest BCUT2D eigenvalue weighted by atomic mass is 15.2. The van der Waals surface area contributed by atoms with E-state index in [4.69, 9.17) is 0 Å². The Morgan fingerprint density at radius 2 is 0.510 bits per heavy atom. The number of hydrogen-bond acceptors (Lipinski definition) is 2. The molecule has 0 bridgehead atoms. The minimum Gasteiger partial charge on any atom is -0.309 e. The second-order valence-corrected chi connectivity index (χ2v) is 29.4. The lowest BCUT2D eigenvalue weighted by Crippen LogP contribution is -2.17. The average molecular weight is 1330 g/mol. The van der Waals surface area contributed by atoms with Crippen LogP contribution in [0.1, 0.15) is 49.9 Å². The first-order valence-electron chi connectivity index (χ1n) is 36.5. The third kappa shape index (κ3) is 9.56. The quantitative estimate of drug-likeness (QED) is 0.119. The molecule has 0 aromatic heterocycles. The normalized spacial score (nSPS) is 13.2. The van der Waals surface area contributed by atoms with Crippen LogP contribution in [0.2, 0.25) is 0 Å². The molecule has 2 aliphatic carbocycles. The Morgan fingerprint density at radius 1 is 0.183 bits per heavy atom. The van der Waals surface area contributed by atoms with Crippen molar-refractivity contribution in [1.82, 2.24) is 0 Å². The van der Waals surface area contributed by atoms with Crippen LogP contribution in [0.15, 0.2) is 364 Å². The van der Waals surface area contributed by atoms with Crippen LogP contribution in [-0.2, 0) is 10.8 Å². The molecule has 18 aromatic carbocycles. The molecule has 0 N–H and O–H groups in total. The van der Waals surface area contributed by atoms with Gasteiger partial charge in [0, 0.05) is 55.5 Å². The summed E-state index contributed by atoms with van der Waals surface area (Å²) in [6.07, 6.45) is 0. The van der Waals surface area contributed by atoms with Gasteiger partial charge in [0.15, 0.2) is 0 Å². The van der Waals surface area contributed by atoms with E-state index in [1.54, 1.807) is 0 Å². The van der Waals surface area contributed by atoms with E-state index in [2.05, 4.69) is 401 Å². The van der Waals surface area contributed by atoms with Crippen LogP contribution < -0.4 is 9.80 Å². The Morgan fingerprint density at radius 3 is 1.06 bits per heavy atom. The molecule has 0 fully saturated rings. The lowest BCUT2D eigenvalue weighted by molar-refractivity contribution is 0.660. The summed E-state index contributed by atoms with van der Waals surface area (Å²) < 4.78 is 0. The fourth-order valence-electron chi connectivity index (χ4n) is 18.0. The lowest BCUT2D eigenvalue weighted by Gasteiger charge is -2.32. The van der Waals surface area contributed by atoms with Crippen LogP contribution in [0.25, 0.3) is 143 Å². The fraction of sp³-hybridized carbons (Fsp3) is 0.0588. The summed E-state index contributed by atoms with van der Waals surface area (Å²) in [5, 5.41) is 14.5. The first-order chi connectivity index (χ1) is 51.1. The molecule has 0 amide bonds. The van der Waals surface area contributed by atoms with Crippen molar-refractivity contribution < 1.29 is 0 Å². The molecule has 0 aliphatic heterocycles. The minimum atomic E-state index is -0.202. The summed E-state index contributed by atoms with van der Waals surface area (Å²) >= 11 is 0. The highest BCUT2D eigenvalue weighted by Gasteiger charge is 2.38. The molecule has 490 valence electrons. The van der Waals surface area contributed by atoms with E-state index in [0.29, 0.717) is 0 Å². The van der Waals surface area contributed by atoms with Crippen molar-refractivity contribution in [2.75, 3.05) is 9.80 Å². The van der Waals surface area contributed by atoms with Gasteiger partial charge in [0.1, 0.15) is 0 Å². The second kappa shape index (κ2) is 23.9. The van der Waals surface area contributed by atoms with Gasteiger partial charge < -0.3 is 9.80 Å². The Balaban J connectivity index is 0.709. The van der Waals surface area contributed by atoms with Crippen LogP contribution in [0.5, 0.6) is 0 Å². The molecule has 20 rings (SSSR count). The molecule has 0 saturated carbocycles. The van der Waals surface area contributed by atoms with Gasteiger partial charge in [-0.2, -0.15) is 0 Å². The van der Waals surface area contributed by atoms with Crippen molar-refractivity contribution in [3.8, 4) is 77.9 Å². The first kappa shape index (κ1) is 61.0. The second-order valence-electron chi connectivity index (χ2n) is 29.4. The van der Waals surface area contributed by atoms with E-state index < -0.39 is 0 Å². The largest absolute Gasteiger partial charge is 0.309 e. The molecule has 0 saturated heterocycles. The number of fused-ring (bicyclic) bond motifs is 14. The van der Waals surface area contributed by atoms with Gasteiger partial charge in [0.05, 0.1) is 11.4 Å². The van der Waals surface area contributed by atoms with Crippen molar-refractivity contribution in [3.05, 3.63) is 386 Å². The zero-order valence-electron chi connectivity index (χ0n) is 58.5. The number of rotatable bonds is 11. The van der Waals surface area contributed by atoms with Crippen LogP contribution in [-0.4, -0.2) is 0 Å². The van der Waals surface area contributed by atoms with Crippen LogP contribution >= 0.6 is 0 Å². The predicted octanol–water partition coefficient (Wildman–Crippen LogP) is 28.5. The van der Waals surface area contributed by atoms with Gasteiger partial charge in [-0.1, -0.05) is 337 Å². The third-order valence-electron chi connectivity index (χ3n) is 23.0. The number of anilines is 6. The maximum Gasteiger partial charge on any atom is 0.0625 e. The average Bonchev–Trinajstić information content (AvgIpc) is 1.27. The van der Waals surface area contributed by atoms with Gasteiger partial charge in [-0.3, -0.25) is 0 Å². The van der Waals surface area contributed by atoms with E-state index in [-0.39, 0.29) is 10.8 Å². The number of nitrogens with zero attached hydrogens (tertiary/aromatic N) is 2. The van der Waals surface area contributed by atoms with Crippen LogP contribution in [0.4, 0.5) is 34.1 Å². The molecule has 0 heterocycles. The number of hydrogen-bond donors (Lipinski definition) is 0. The van der Waals surface area contributed by atoms with Gasteiger partial charge in [-0.05, 0) is 197 Å². The SMILES string of the molecule is CC1(C)c2ccccc2-c2ccc(N(c3ccc(-c4ccc(-c5ccc6c(-c7c(N(c8cccc(-c9ccccc9)c8)c8ccc9c(c8)C(C)(C)c8ccccc8-9)c8ccccc8c8ccccc78)cccc6c5)cc4)cc3)c3c(-c4cccc5ccccc45)c4ccccc4c4ccccc34)cc21. The van der Waals surface area contributed by atoms with Crippen molar-refractivity contribution in [3.63, 3.8) is 0 Å². The highest BCUT2D eigenvalue weighted by Crippen LogP contribution is 2.57. The fourth-order valence-corrected chi connectivity index (χ4v) is 18.0. The molecule has 0 spiro atoms. The van der Waals surface area contributed by atoms with Crippen molar-refractivity contribution in [2.24, 2.45) is 0 Å².